The molecular formula is C30H31ClN6O3. The molecule has 10 heteroatoms. The molecule has 0 atom stereocenters. The summed E-state index contributed by atoms with van der Waals surface area (Å²) in [6.07, 6.45) is 5.38. The molecule has 2 aliphatic rings. The molecular weight excluding hydrogens is 528 g/mol. The first-order valence-electron chi connectivity index (χ1n) is 13.6. The van der Waals surface area contributed by atoms with Crippen molar-refractivity contribution < 1.29 is 14.3 Å². The highest BCUT2D eigenvalue weighted by Gasteiger charge is 2.30. The number of para-hydroxylation sites is 1. The molecule has 0 unspecified atom stereocenters. The Morgan fingerprint density at radius 2 is 1.82 bits per heavy atom. The van der Waals surface area contributed by atoms with Crippen LogP contribution >= 0.6 is 11.6 Å². The Bertz CT molecular complexity index is 1530. The molecule has 9 nitrogen and oxygen atoms in total. The van der Waals surface area contributed by atoms with Crippen LogP contribution in [-0.2, 0) is 4.79 Å². The summed E-state index contributed by atoms with van der Waals surface area (Å²) in [6.45, 7) is 3.42. The molecule has 2 aromatic carbocycles. The number of nitrogens with zero attached hydrogens (tertiary/aromatic N) is 4. The summed E-state index contributed by atoms with van der Waals surface area (Å²) in [5.41, 5.74) is 1.37. The summed E-state index contributed by atoms with van der Waals surface area (Å²) < 4.78 is 5.85. The third-order valence-electron chi connectivity index (χ3n) is 7.67. The number of hydrogen-bond donors (Lipinski definition) is 2. The first-order valence-corrected chi connectivity index (χ1v) is 13.9. The van der Waals surface area contributed by atoms with Gasteiger partial charge in [-0.2, -0.15) is 0 Å². The minimum absolute atomic E-state index is 0.132. The number of piperidine rings is 1. The first-order chi connectivity index (χ1) is 19.4. The van der Waals surface area contributed by atoms with Gasteiger partial charge in [0.15, 0.2) is 5.78 Å². The number of likely N-dealkylation sites (tertiary alicyclic amines) is 2. The van der Waals surface area contributed by atoms with Gasteiger partial charge < -0.3 is 24.8 Å². The number of anilines is 1. The number of amides is 1. The van der Waals surface area contributed by atoms with E-state index < -0.39 is 0 Å². The zero-order chi connectivity index (χ0) is 27.6. The van der Waals surface area contributed by atoms with E-state index in [1.165, 1.54) is 6.33 Å². The third kappa shape index (κ3) is 5.52. The zero-order valence-corrected chi connectivity index (χ0v) is 23.0. The van der Waals surface area contributed by atoms with Crippen molar-refractivity contribution in [3.05, 3.63) is 77.2 Å². The van der Waals surface area contributed by atoms with Crippen molar-refractivity contribution in [2.75, 3.05) is 38.5 Å². The number of aromatic nitrogens is 3. The first kappa shape index (κ1) is 26.3. The molecule has 0 aliphatic carbocycles. The zero-order valence-electron chi connectivity index (χ0n) is 22.3. The van der Waals surface area contributed by atoms with E-state index in [2.05, 4.69) is 32.2 Å². The minimum atomic E-state index is -0.234. The van der Waals surface area contributed by atoms with Crippen molar-refractivity contribution in [1.82, 2.24) is 24.8 Å². The predicted molar refractivity (Wildman–Crippen MR) is 154 cm³/mol. The molecule has 4 heterocycles. The molecule has 1 amide bonds. The van der Waals surface area contributed by atoms with Crippen LogP contribution in [0.1, 0.15) is 35.2 Å². The summed E-state index contributed by atoms with van der Waals surface area (Å²) >= 11 is 6.55. The van der Waals surface area contributed by atoms with Gasteiger partial charge in [0.05, 0.1) is 16.0 Å². The Hall–Kier alpha value is -3.95. The van der Waals surface area contributed by atoms with Crippen molar-refractivity contribution in [3.63, 3.8) is 0 Å². The predicted octanol–water partition coefficient (Wildman–Crippen LogP) is 4.99. The Morgan fingerprint density at radius 1 is 1.05 bits per heavy atom. The maximum absolute atomic E-state index is 13.6. The quantitative estimate of drug-likeness (QED) is 0.294. The lowest BCUT2D eigenvalue weighted by Gasteiger charge is -2.38. The van der Waals surface area contributed by atoms with Crippen molar-refractivity contribution in [3.8, 4) is 11.5 Å². The van der Waals surface area contributed by atoms with E-state index in [1.54, 1.807) is 24.4 Å². The molecule has 40 heavy (non-hydrogen) atoms. The second-order valence-corrected chi connectivity index (χ2v) is 11.0. The number of carbonyl (C=O) groups is 2. The Kier molecular flexibility index (Phi) is 7.40. The Balaban J connectivity index is 1.15. The van der Waals surface area contributed by atoms with E-state index in [1.807, 2.05) is 35.2 Å². The molecule has 0 saturated carbocycles. The highest BCUT2D eigenvalue weighted by atomic mass is 35.5. The average Bonchev–Trinajstić information content (AvgIpc) is 3.38. The third-order valence-corrected chi connectivity index (χ3v) is 7.98. The van der Waals surface area contributed by atoms with Crippen LogP contribution in [0.25, 0.3) is 11.0 Å². The highest BCUT2D eigenvalue weighted by Crippen LogP contribution is 2.32. The fraction of sp³-hybridized carbons (Fsp3) is 0.333. The van der Waals surface area contributed by atoms with Gasteiger partial charge in [-0.1, -0.05) is 29.8 Å². The topological polar surface area (TPSA) is 103 Å². The van der Waals surface area contributed by atoms with Gasteiger partial charge in [-0.25, -0.2) is 9.97 Å². The number of ether oxygens (including phenoxy) is 1. The molecule has 2 aliphatic heterocycles. The summed E-state index contributed by atoms with van der Waals surface area (Å²) in [5.74, 6) is 2.31. The molecule has 0 spiro atoms. The van der Waals surface area contributed by atoms with E-state index in [0.717, 1.165) is 25.9 Å². The van der Waals surface area contributed by atoms with E-state index in [-0.39, 0.29) is 17.7 Å². The number of nitrogens with one attached hydrogen (secondary N) is 2. The van der Waals surface area contributed by atoms with E-state index in [9.17, 15) is 9.59 Å². The molecule has 0 radical (unpaired) electrons. The molecule has 4 aromatic rings. The Morgan fingerprint density at radius 3 is 2.55 bits per heavy atom. The number of ketones is 1. The second kappa shape index (κ2) is 11.3. The lowest BCUT2D eigenvalue weighted by atomic mass is 9.95. The average molecular weight is 559 g/mol. The smallest absolute Gasteiger partial charge is 0.222 e. The number of carbonyl (C=O) groups excluding carboxylic acids is 2. The molecule has 6 rings (SSSR count). The summed E-state index contributed by atoms with van der Waals surface area (Å²) in [5, 5.41) is 4.44. The van der Waals surface area contributed by atoms with Gasteiger partial charge in [-0.3, -0.25) is 9.59 Å². The van der Waals surface area contributed by atoms with Crippen molar-refractivity contribution in [1.29, 1.82) is 0 Å². The molecule has 0 bridgehead atoms. The number of benzene rings is 2. The Labute approximate surface area is 237 Å². The van der Waals surface area contributed by atoms with Gasteiger partial charge in [0, 0.05) is 56.5 Å². The van der Waals surface area contributed by atoms with E-state index >= 15 is 0 Å². The fourth-order valence-corrected chi connectivity index (χ4v) is 5.82. The lowest BCUT2D eigenvalue weighted by molar-refractivity contribution is -0.134. The van der Waals surface area contributed by atoms with Gasteiger partial charge in [-0.15, -0.1) is 0 Å². The molecule has 2 saturated heterocycles. The monoisotopic (exact) mass is 558 g/mol. The van der Waals surface area contributed by atoms with Crippen LogP contribution in [0.2, 0.25) is 5.02 Å². The maximum Gasteiger partial charge on any atom is 0.222 e. The van der Waals surface area contributed by atoms with Crippen LogP contribution in [0.4, 0.5) is 5.82 Å². The van der Waals surface area contributed by atoms with Gasteiger partial charge in [0.1, 0.15) is 29.3 Å². The largest absolute Gasteiger partial charge is 0.457 e. The van der Waals surface area contributed by atoms with Gasteiger partial charge in [0.25, 0.3) is 0 Å². The SMILES string of the molecule is CN1CC(CC(=O)N2CCC(Nc3ncnc4[nH]cc(C(=O)c5ccc(Oc6ccccc6)cc5Cl)c34)CC2)C1. The molecule has 2 fully saturated rings. The maximum atomic E-state index is 13.6. The lowest BCUT2D eigenvalue weighted by Crippen LogP contribution is -2.48. The molecule has 2 N–H and O–H groups in total. The van der Waals surface area contributed by atoms with Crippen LogP contribution in [0.5, 0.6) is 11.5 Å². The minimum Gasteiger partial charge on any atom is -0.457 e. The van der Waals surface area contributed by atoms with Crippen LogP contribution in [0.15, 0.2) is 61.1 Å². The molecule has 2 aromatic heterocycles. The standard InChI is InChI=1S/C30H31ClN6O3/c1-36-16-19(17-36)13-26(38)37-11-9-20(10-12-37)35-30-27-24(15-32-29(27)33-18-34-30)28(39)23-8-7-22(14-25(23)31)40-21-5-3-2-4-6-21/h2-8,14-15,18-20H,9-13,16-17H2,1H3,(H2,32,33,34,35). The molecule has 206 valence electrons. The number of rotatable bonds is 8. The summed E-state index contributed by atoms with van der Waals surface area (Å²) in [4.78, 5) is 42.5. The number of fused-ring (bicyclic) bond motifs is 1. The van der Waals surface area contributed by atoms with Crippen LogP contribution < -0.4 is 10.1 Å². The van der Waals surface area contributed by atoms with Crippen molar-refractivity contribution in [2.45, 2.75) is 25.3 Å². The van der Waals surface area contributed by atoms with Crippen LogP contribution in [0, 0.1) is 5.92 Å². The number of hydrogen-bond acceptors (Lipinski definition) is 7. The summed E-state index contributed by atoms with van der Waals surface area (Å²) in [7, 11) is 2.08. The van der Waals surface area contributed by atoms with Gasteiger partial charge >= 0.3 is 0 Å². The van der Waals surface area contributed by atoms with E-state index in [4.69, 9.17) is 16.3 Å². The number of H-pyrrole nitrogens is 1. The fourth-order valence-electron chi connectivity index (χ4n) is 5.56. The normalized spacial score (nSPS) is 16.6. The van der Waals surface area contributed by atoms with Gasteiger partial charge in [0.2, 0.25) is 5.91 Å². The van der Waals surface area contributed by atoms with Gasteiger partial charge in [-0.05, 0) is 50.1 Å². The number of halogens is 1. The summed E-state index contributed by atoms with van der Waals surface area (Å²) in [6, 6.07) is 14.6. The van der Waals surface area contributed by atoms with Crippen LogP contribution in [-0.4, -0.2) is 75.7 Å². The van der Waals surface area contributed by atoms with E-state index in [0.29, 0.717) is 69.9 Å². The van der Waals surface area contributed by atoms with Crippen molar-refractivity contribution in [2.24, 2.45) is 5.92 Å². The van der Waals surface area contributed by atoms with Crippen LogP contribution in [0.3, 0.4) is 0 Å². The number of aromatic amines is 1. The van der Waals surface area contributed by atoms with Crippen molar-refractivity contribution >= 4 is 40.1 Å². The second-order valence-electron chi connectivity index (χ2n) is 10.6. The highest BCUT2D eigenvalue weighted by molar-refractivity contribution is 6.35.